The summed E-state index contributed by atoms with van der Waals surface area (Å²) in [5, 5.41) is 11.9. The first kappa shape index (κ1) is 27.6. The van der Waals surface area contributed by atoms with Gasteiger partial charge in [-0.15, -0.1) is 0 Å². The molecule has 0 saturated carbocycles. The molecule has 0 aliphatic heterocycles. The van der Waals surface area contributed by atoms with Crippen molar-refractivity contribution in [3.63, 3.8) is 0 Å². The van der Waals surface area contributed by atoms with Gasteiger partial charge in [-0.1, -0.05) is 44.2 Å². The first-order valence-corrected chi connectivity index (χ1v) is 12.0. The topological polar surface area (TPSA) is 70.0 Å². The Balaban J connectivity index is 0.000000944. The van der Waals surface area contributed by atoms with Gasteiger partial charge in [0.2, 0.25) is 0 Å². The van der Waals surface area contributed by atoms with Gasteiger partial charge in [-0.2, -0.15) is 13.2 Å². The van der Waals surface area contributed by atoms with Gasteiger partial charge < -0.3 is 10.7 Å². The summed E-state index contributed by atoms with van der Waals surface area (Å²) in [6, 6.07) is 12.6. The fourth-order valence-corrected chi connectivity index (χ4v) is 3.70. The van der Waals surface area contributed by atoms with E-state index in [1.165, 1.54) is 25.1 Å². The third kappa shape index (κ3) is 6.79. The number of fused-ring (bicyclic) bond motifs is 1. The monoisotopic (exact) mass is 486 g/mol. The molecule has 4 nitrogen and oxygen atoms in total. The molecule has 3 aromatic rings. The van der Waals surface area contributed by atoms with E-state index in [0.29, 0.717) is 21.9 Å². The second-order valence-electron chi connectivity index (χ2n) is 6.51. The minimum Gasteiger partial charge on any atom is -0.323 e. The van der Waals surface area contributed by atoms with Gasteiger partial charge in [0, 0.05) is 22.0 Å². The SMILES string of the molecule is CC.CC(=N)c1cc(C(F)(F)F)ccc1-c1cccc2cc(S(=O)(=O)Cl)ccc12.CNC. The molecule has 0 radical (unpaired) electrons. The summed E-state index contributed by atoms with van der Waals surface area (Å²) >= 11 is 0. The largest absolute Gasteiger partial charge is 0.416 e. The van der Waals surface area contributed by atoms with Crippen LogP contribution in [0.15, 0.2) is 59.5 Å². The second-order valence-corrected chi connectivity index (χ2v) is 9.08. The summed E-state index contributed by atoms with van der Waals surface area (Å²) in [5.74, 6) is 0. The highest BCUT2D eigenvalue weighted by Gasteiger charge is 2.31. The van der Waals surface area contributed by atoms with Gasteiger partial charge in [-0.3, -0.25) is 0 Å². The number of rotatable bonds is 3. The third-order valence-electron chi connectivity index (χ3n) is 4.17. The Morgan fingerprint density at radius 1 is 0.969 bits per heavy atom. The third-order valence-corrected chi connectivity index (χ3v) is 5.53. The zero-order valence-electron chi connectivity index (χ0n) is 18.4. The number of hydrogen-bond donors (Lipinski definition) is 2. The van der Waals surface area contributed by atoms with Crippen LogP contribution in [0.1, 0.15) is 31.9 Å². The van der Waals surface area contributed by atoms with E-state index in [0.717, 1.165) is 12.1 Å². The van der Waals surface area contributed by atoms with Crippen molar-refractivity contribution in [2.45, 2.75) is 31.8 Å². The highest BCUT2D eigenvalue weighted by atomic mass is 35.7. The molecule has 0 aliphatic carbocycles. The number of halogens is 4. The molecule has 0 fully saturated rings. The van der Waals surface area contributed by atoms with E-state index in [9.17, 15) is 21.6 Å². The molecule has 3 aromatic carbocycles. The molecule has 0 heterocycles. The van der Waals surface area contributed by atoms with E-state index in [1.54, 1.807) is 24.3 Å². The lowest BCUT2D eigenvalue weighted by Crippen LogP contribution is -2.07. The fraction of sp³-hybridized carbons (Fsp3) is 0.261. The van der Waals surface area contributed by atoms with Crippen molar-refractivity contribution >= 4 is 36.2 Å². The smallest absolute Gasteiger partial charge is 0.323 e. The van der Waals surface area contributed by atoms with Crippen molar-refractivity contribution in [1.82, 2.24) is 5.32 Å². The van der Waals surface area contributed by atoms with E-state index >= 15 is 0 Å². The van der Waals surface area contributed by atoms with E-state index in [4.69, 9.17) is 16.1 Å². The average molecular weight is 487 g/mol. The van der Waals surface area contributed by atoms with Gasteiger partial charge >= 0.3 is 6.18 Å². The predicted octanol–water partition coefficient (Wildman–Crippen LogP) is 6.70. The van der Waals surface area contributed by atoms with Crippen molar-refractivity contribution in [2.24, 2.45) is 0 Å². The first-order chi connectivity index (χ1) is 14.9. The molecule has 0 aromatic heterocycles. The van der Waals surface area contributed by atoms with Gasteiger partial charge in [0.25, 0.3) is 9.05 Å². The highest BCUT2D eigenvalue weighted by Crippen LogP contribution is 2.36. The lowest BCUT2D eigenvalue weighted by molar-refractivity contribution is -0.137. The molecule has 32 heavy (non-hydrogen) atoms. The molecule has 2 N–H and O–H groups in total. The maximum Gasteiger partial charge on any atom is 0.416 e. The fourth-order valence-electron chi connectivity index (χ4n) is 2.91. The summed E-state index contributed by atoms with van der Waals surface area (Å²) in [5.41, 5.74) is 0.381. The Morgan fingerprint density at radius 2 is 1.56 bits per heavy atom. The van der Waals surface area contributed by atoms with Crippen LogP contribution >= 0.6 is 10.7 Å². The van der Waals surface area contributed by atoms with Crippen LogP contribution in [0, 0.1) is 5.41 Å². The number of hydrogen-bond acceptors (Lipinski definition) is 4. The van der Waals surface area contributed by atoms with Crippen LogP contribution in [0.25, 0.3) is 21.9 Å². The lowest BCUT2D eigenvalue weighted by atomic mass is 9.91. The normalized spacial score (nSPS) is 11.2. The Hall–Kier alpha value is -2.42. The maximum absolute atomic E-state index is 13.0. The van der Waals surface area contributed by atoms with E-state index in [2.05, 4.69) is 5.32 Å². The minimum atomic E-state index is -4.51. The number of alkyl halides is 3. The van der Waals surface area contributed by atoms with E-state index < -0.39 is 20.8 Å². The van der Waals surface area contributed by atoms with Crippen LogP contribution in [0.5, 0.6) is 0 Å². The molecular formula is C23H26ClF3N2O2S. The van der Waals surface area contributed by atoms with Crippen molar-refractivity contribution < 1.29 is 21.6 Å². The van der Waals surface area contributed by atoms with Crippen LogP contribution in [-0.4, -0.2) is 28.2 Å². The molecular weight excluding hydrogens is 461 g/mol. The number of benzene rings is 3. The van der Waals surface area contributed by atoms with E-state index in [-0.39, 0.29) is 16.2 Å². The average Bonchev–Trinajstić information content (AvgIpc) is 2.73. The summed E-state index contributed by atoms with van der Waals surface area (Å²) in [6.45, 7) is 5.42. The highest BCUT2D eigenvalue weighted by molar-refractivity contribution is 8.13. The Morgan fingerprint density at radius 3 is 2.06 bits per heavy atom. The van der Waals surface area contributed by atoms with E-state index in [1.807, 2.05) is 27.9 Å². The Bertz CT molecular complexity index is 1190. The van der Waals surface area contributed by atoms with Crippen LogP contribution < -0.4 is 5.32 Å². The molecule has 3 rings (SSSR count). The van der Waals surface area contributed by atoms with Crippen molar-refractivity contribution in [1.29, 1.82) is 5.41 Å². The van der Waals surface area contributed by atoms with Crippen LogP contribution in [0.3, 0.4) is 0 Å². The predicted molar refractivity (Wildman–Crippen MR) is 126 cm³/mol. The van der Waals surface area contributed by atoms with Crippen molar-refractivity contribution in [3.8, 4) is 11.1 Å². The summed E-state index contributed by atoms with van der Waals surface area (Å²) in [7, 11) is 5.23. The van der Waals surface area contributed by atoms with Gasteiger partial charge in [0.15, 0.2) is 0 Å². The molecule has 0 saturated heterocycles. The quantitative estimate of drug-likeness (QED) is 0.319. The van der Waals surface area contributed by atoms with Gasteiger partial charge in [-0.25, -0.2) is 8.42 Å². The molecule has 0 unspecified atom stereocenters. The lowest BCUT2D eigenvalue weighted by Gasteiger charge is -2.15. The van der Waals surface area contributed by atoms with Crippen molar-refractivity contribution in [2.75, 3.05) is 14.1 Å². The Labute approximate surface area is 191 Å². The van der Waals surface area contributed by atoms with Crippen LogP contribution in [0.2, 0.25) is 0 Å². The van der Waals surface area contributed by atoms with Crippen LogP contribution in [-0.2, 0) is 15.2 Å². The molecule has 0 amide bonds. The molecule has 9 heteroatoms. The maximum atomic E-state index is 13.0. The minimum absolute atomic E-state index is 0.00643. The number of nitrogens with one attached hydrogen (secondary N) is 2. The Kier molecular flexibility index (Phi) is 9.88. The standard InChI is InChI=1S/C19H13ClF3NO2S.C2H7N.C2H6/c1-11(24)18-10-13(19(21,22)23)5-7-17(18)16-4-2-3-12-9-14(27(20,25)26)6-8-15(12)16;1-3-2;1-2/h2-10,24H,1H3;3H,1-2H3;1-2H3. The van der Waals surface area contributed by atoms with Gasteiger partial charge in [0.1, 0.15) is 0 Å². The van der Waals surface area contributed by atoms with Gasteiger partial charge in [0.05, 0.1) is 10.5 Å². The summed E-state index contributed by atoms with van der Waals surface area (Å²) < 4.78 is 62.2. The first-order valence-electron chi connectivity index (χ1n) is 9.73. The van der Waals surface area contributed by atoms with Crippen molar-refractivity contribution in [3.05, 3.63) is 65.7 Å². The molecule has 0 atom stereocenters. The second kappa shape index (κ2) is 11.4. The molecule has 0 spiro atoms. The zero-order chi connectivity index (χ0) is 24.7. The van der Waals surface area contributed by atoms with Crippen LogP contribution in [0.4, 0.5) is 13.2 Å². The molecule has 0 bridgehead atoms. The molecule has 0 aliphatic rings. The van der Waals surface area contributed by atoms with Gasteiger partial charge in [-0.05, 0) is 67.2 Å². The summed E-state index contributed by atoms with van der Waals surface area (Å²) in [6.07, 6.45) is -4.51. The summed E-state index contributed by atoms with van der Waals surface area (Å²) in [4.78, 5) is -0.0651. The molecule has 174 valence electrons. The zero-order valence-corrected chi connectivity index (χ0v) is 20.0.